The molecule has 0 aliphatic rings. The van der Waals surface area contributed by atoms with E-state index < -0.39 is 0 Å². The largest absolute Gasteiger partial charge is 0.490 e. The summed E-state index contributed by atoms with van der Waals surface area (Å²) in [6.07, 6.45) is 1.90. The van der Waals surface area contributed by atoms with E-state index in [4.69, 9.17) is 4.74 Å². The first-order valence-corrected chi connectivity index (χ1v) is 8.83. The number of halogens is 1. The van der Waals surface area contributed by atoms with Crippen LogP contribution in [0.1, 0.15) is 19.4 Å². The fourth-order valence-corrected chi connectivity index (χ4v) is 3.33. The zero-order valence-electron chi connectivity index (χ0n) is 12.8. The van der Waals surface area contributed by atoms with E-state index in [2.05, 4.69) is 31.4 Å². The lowest BCUT2D eigenvalue weighted by Gasteiger charge is -2.11. The minimum Gasteiger partial charge on any atom is -0.490 e. The maximum Gasteiger partial charge on any atom is 0.204 e. The van der Waals surface area contributed by atoms with Gasteiger partial charge in [-0.3, -0.25) is 5.43 Å². The molecule has 0 bridgehead atoms. The van der Waals surface area contributed by atoms with Crippen molar-refractivity contribution in [3.8, 4) is 5.75 Å². The Kier molecular flexibility index (Phi) is 4.93. The van der Waals surface area contributed by atoms with Gasteiger partial charge in [0, 0.05) is 0 Å². The lowest BCUT2D eigenvalue weighted by Crippen LogP contribution is -2.06. The molecule has 0 aliphatic heterocycles. The Morgan fingerprint density at radius 3 is 2.83 bits per heavy atom. The number of rotatable bonds is 5. The van der Waals surface area contributed by atoms with Gasteiger partial charge in [0.2, 0.25) is 5.13 Å². The molecule has 1 aromatic heterocycles. The van der Waals surface area contributed by atoms with E-state index in [1.165, 1.54) is 0 Å². The Morgan fingerprint density at radius 2 is 2.09 bits per heavy atom. The van der Waals surface area contributed by atoms with E-state index in [0.29, 0.717) is 0 Å². The van der Waals surface area contributed by atoms with Crippen LogP contribution in [-0.4, -0.2) is 17.3 Å². The fraction of sp³-hybridized carbons (Fsp3) is 0.176. The summed E-state index contributed by atoms with van der Waals surface area (Å²) < 4.78 is 7.75. The third kappa shape index (κ3) is 4.09. The molecule has 1 heterocycles. The number of ether oxygens (including phenoxy) is 1. The summed E-state index contributed by atoms with van der Waals surface area (Å²) in [7, 11) is 0. The van der Waals surface area contributed by atoms with Crippen molar-refractivity contribution in [2.24, 2.45) is 5.10 Å². The summed E-state index contributed by atoms with van der Waals surface area (Å²) in [6, 6.07) is 13.9. The summed E-state index contributed by atoms with van der Waals surface area (Å²) in [5.41, 5.74) is 4.93. The van der Waals surface area contributed by atoms with Crippen LogP contribution in [0.3, 0.4) is 0 Å². The molecule has 6 heteroatoms. The molecule has 1 N–H and O–H groups in total. The van der Waals surface area contributed by atoms with Crippen molar-refractivity contribution in [3.05, 3.63) is 52.5 Å². The normalized spacial score (nSPS) is 11.5. The smallest absolute Gasteiger partial charge is 0.204 e. The molecule has 0 radical (unpaired) electrons. The minimum absolute atomic E-state index is 0.145. The monoisotopic (exact) mass is 389 g/mol. The molecular formula is C17H16BrN3OS. The molecule has 0 spiro atoms. The number of benzene rings is 2. The highest BCUT2D eigenvalue weighted by Gasteiger charge is 2.04. The van der Waals surface area contributed by atoms with Gasteiger partial charge >= 0.3 is 0 Å². The molecule has 0 saturated carbocycles. The van der Waals surface area contributed by atoms with E-state index in [-0.39, 0.29) is 6.10 Å². The number of hydrogen-bond acceptors (Lipinski definition) is 5. The minimum atomic E-state index is 0.145. The second kappa shape index (κ2) is 7.10. The molecule has 4 nitrogen and oxygen atoms in total. The van der Waals surface area contributed by atoms with Crippen LogP contribution < -0.4 is 10.2 Å². The summed E-state index contributed by atoms with van der Waals surface area (Å²) in [4.78, 5) is 4.47. The molecule has 0 fully saturated rings. The maximum absolute atomic E-state index is 5.69. The average Bonchev–Trinajstić information content (AvgIpc) is 2.92. The van der Waals surface area contributed by atoms with Crippen molar-refractivity contribution < 1.29 is 4.74 Å². The van der Waals surface area contributed by atoms with Crippen LogP contribution in [0.5, 0.6) is 5.75 Å². The molecule has 2 aromatic carbocycles. The van der Waals surface area contributed by atoms with Gasteiger partial charge in [0.25, 0.3) is 0 Å². The third-order valence-corrected chi connectivity index (χ3v) is 4.55. The second-order valence-corrected chi connectivity index (χ2v) is 7.10. The topological polar surface area (TPSA) is 46.5 Å². The maximum atomic E-state index is 5.69. The molecule has 0 amide bonds. The number of nitrogens with one attached hydrogen (secondary N) is 1. The highest BCUT2D eigenvalue weighted by molar-refractivity contribution is 9.10. The lowest BCUT2D eigenvalue weighted by atomic mass is 10.2. The third-order valence-electron chi connectivity index (χ3n) is 2.99. The summed E-state index contributed by atoms with van der Waals surface area (Å²) in [5, 5.41) is 5.03. The van der Waals surface area contributed by atoms with E-state index in [9.17, 15) is 0 Å². The molecular weight excluding hydrogens is 374 g/mol. The van der Waals surface area contributed by atoms with Crippen LogP contribution in [0.25, 0.3) is 10.2 Å². The first kappa shape index (κ1) is 16.0. The van der Waals surface area contributed by atoms with E-state index >= 15 is 0 Å². The van der Waals surface area contributed by atoms with Gasteiger partial charge in [0.05, 0.1) is 27.0 Å². The Bertz CT molecular complexity index is 812. The zero-order valence-corrected chi connectivity index (χ0v) is 15.2. The number of hydrazone groups is 1. The SMILES string of the molecule is CC(C)Oc1ccc(/C=N\Nc2nc3ccccc3s2)cc1Br. The lowest BCUT2D eigenvalue weighted by molar-refractivity contribution is 0.241. The van der Waals surface area contributed by atoms with Crippen molar-refractivity contribution in [1.29, 1.82) is 0 Å². The van der Waals surface area contributed by atoms with Crippen LogP contribution in [-0.2, 0) is 0 Å². The fourth-order valence-electron chi connectivity index (χ4n) is 2.03. The van der Waals surface area contributed by atoms with E-state index in [0.717, 1.165) is 31.1 Å². The average molecular weight is 390 g/mol. The number of fused-ring (bicyclic) bond motifs is 1. The Balaban J connectivity index is 1.69. The number of nitrogens with zero attached hydrogens (tertiary/aromatic N) is 2. The molecule has 23 heavy (non-hydrogen) atoms. The van der Waals surface area contributed by atoms with Crippen molar-refractivity contribution in [3.63, 3.8) is 0 Å². The van der Waals surface area contributed by atoms with Crippen LogP contribution in [0, 0.1) is 0 Å². The van der Waals surface area contributed by atoms with Gasteiger partial charge in [-0.05, 0) is 65.7 Å². The predicted molar refractivity (Wildman–Crippen MR) is 101 cm³/mol. The van der Waals surface area contributed by atoms with Crippen LogP contribution in [0.4, 0.5) is 5.13 Å². The van der Waals surface area contributed by atoms with E-state index in [1.807, 2.05) is 56.3 Å². The number of hydrogen-bond donors (Lipinski definition) is 1. The second-order valence-electron chi connectivity index (χ2n) is 5.21. The van der Waals surface area contributed by atoms with Gasteiger partial charge in [-0.25, -0.2) is 4.98 Å². The van der Waals surface area contributed by atoms with Crippen molar-refractivity contribution >= 4 is 48.8 Å². The Morgan fingerprint density at radius 1 is 1.26 bits per heavy atom. The molecule has 0 saturated heterocycles. The quantitative estimate of drug-likeness (QED) is 0.476. The van der Waals surface area contributed by atoms with Gasteiger partial charge in [-0.1, -0.05) is 23.5 Å². The highest BCUT2D eigenvalue weighted by Crippen LogP contribution is 2.27. The Labute approximate surface area is 147 Å². The van der Waals surface area contributed by atoms with Crippen LogP contribution in [0.2, 0.25) is 0 Å². The van der Waals surface area contributed by atoms with Crippen molar-refractivity contribution in [1.82, 2.24) is 4.98 Å². The first-order chi connectivity index (χ1) is 11.1. The number of aromatic nitrogens is 1. The molecule has 0 atom stereocenters. The van der Waals surface area contributed by atoms with Gasteiger partial charge < -0.3 is 4.74 Å². The standard InChI is InChI=1S/C17H16BrN3OS/c1-11(2)22-15-8-7-12(9-13(15)18)10-19-21-17-20-14-5-3-4-6-16(14)23-17/h3-11H,1-2H3,(H,20,21)/b19-10-. The highest BCUT2D eigenvalue weighted by atomic mass is 79.9. The summed E-state index contributed by atoms with van der Waals surface area (Å²) >= 11 is 5.10. The summed E-state index contributed by atoms with van der Waals surface area (Å²) in [5.74, 6) is 0.830. The first-order valence-electron chi connectivity index (χ1n) is 7.22. The predicted octanol–water partition coefficient (Wildman–Crippen LogP) is 5.29. The molecule has 3 aromatic rings. The molecule has 0 unspecified atom stereocenters. The van der Waals surface area contributed by atoms with Crippen molar-refractivity contribution in [2.75, 3.05) is 5.43 Å². The zero-order chi connectivity index (χ0) is 16.2. The number of thiazole rings is 1. The van der Waals surface area contributed by atoms with Gasteiger partial charge in [0.15, 0.2) is 0 Å². The Hall–Kier alpha value is -1.92. The molecule has 0 aliphatic carbocycles. The van der Waals surface area contributed by atoms with Crippen molar-refractivity contribution in [2.45, 2.75) is 20.0 Å². The van der Waals surface area contributed by atoms with Gasteiger partial charge in [-0.15, -0.1) is 0 Å². The van der Waals surface area contributed by atoms with Crippen LogP contribution in [0.15, 0.2) is 52.0 Å². The summed E-state index contributed by atoms with van der Waals surface area (Å²) in [6.45, 7) is 4.01. The van der Waals surface area contributed by atoms with Gasteiger partial charge in [-0.2, -0.15) is 5.10 Å². The van der Waals surface area contributed by atoms with Crippen LogP contribution >= 0.6 is 27.3 Å². The molecule has 118 valence electrons. The number of para-hydroxylation sites is 1. The van der Waals surface area contributed by atoms with Gasteiger partial charge in [0.1, 0.15) is 5.75 Å². The van der Waals surface area contributed by atoms with E-state index in [1.54, 1.807) is 17.6 Å². The molecule has 3 rings (SSSR count). The number of anilines is 1.